The van der Waals surface area contributed by atoms with Crippen molar-refractivity contribution in [2.24, 2.45) is 5.73 Å². The summed E-state index contributed by atoms with van der Waals surface area (Å²) < 4.78 is 13.9. The molecule has 0 bridgehead atoms. The summed E-state index contributed by atoms with van der Waals surface area (Å²) in [6.45, 7) is 0.350. The summed E-state index contributed by atoms with van der Waals surface area (Å²) in [7, 11) is 0. The number of amides is 1. The molecular weight excluding hydrogens is 340 g/mol. The third-order valence-corrected chi connectivity index (χ3v) is 3.91. The van der Waals surface area contributed by atoms with Crippen molar-refractivity contribution >= 4 is 34.8 Å². The van der Waals surface area contributed by atoms with Crippen LogP contribution in [0.5, 0.6) is 0 Å². The van der Waals surface area contributed by atoms with E-state index < -0.39 is 11.7 Å². The zero-order chi connectivity index (χ0) is 17.0. The van der Waals surface area contributed by atoms with Crippen LogP contribution in [0, 0.1) is 5.82 Å². The molecule has 0 fully saturated rings. The second kappa shape index (κ2) is 7.64. The maximum absolute atomic E-state index is 13.9. The molecule has 2 aromatic rings. The van der Waals surface area contributed by atoms with Crippen molar-refractivity contribution in [1.82, 2.24) is 5.32 Å². The quantitative estimate of drug-likeness (QED) is 0.717. The number of halogens is 3. The molecule has 0 aliphatic heterocycles. The molecule has 1 atom stereocenters. The smallest absolute Gasteiger partial charge is 0.254 e. The molecule has 1 amide bonds. The van der Waals surface area contributed by atoms with Crippen molar-refractivity contribution in [1.29, 1.82) is 0 Å². The highest BCUT2D eigenvalue weighted by Gasteiger charge is 2.19. The zero-order valence-electron chi connectivity index (χ0n) is 12.2. The van der Waals surface area contributed by atoms with Gasteiger partial charge in [0.2, 0.25) is 0 Å². The lowest BCUT2D eigenvalue weighted by Gasteiger charge is -2.19. The number of anilines is 1. The molecule has 0 aromatic heterocycles. The topological polar surface area (TPSA) is 81.1 Å². The molecule has 0 aliphatic carbocycles. The predicted octanol–water partition coefficient (Wildman–Crippen LogP) is 3.53. The van der Waals surface area contributed by atoms with Crippen molar-refractivity contribution in [3.05, 3.63) is 63.4 Å². The van der Waals surface area contributed by atoms with Crippen LogP contribution in [0.4, 0.5) is 10.1 Å². The fraction of sp³-hybridized carbons (Fsp3) is 0.188. The molecule has 0 radical (unpaired) electrons. The summed E-state index contributed by atoms with van der Waals surface area (Å²) in [6, 6.07) is 8.89. The second-order valence-electron chi connectivity index (χ2n) is 5.01. The summed E-state index contributed by atoms with van der Waals surface area (Å²) in [4.78, 5) is 12.3. The van der Waals surface area contributed by atoms with E-state index in [-0.39, 0.29) is 22.3 Å². The molecule has 0 aliphatic rings. The number of benzene rings is 2. The Labute approximate surface area is 143 Å². The Morgan fingerprint density at radius 1 is 1.26 bits per heavy atom. The minimum absolute atomic E-state index is 0.0624. The SMILES string of the molecule is NCCC(NC(=O)c1cc(N)c(Cl)cc1F)c1cccc(Cl)c1. The molecule has 0 spiro atoms. The average molecular weight is 356 g/mol. The normalized spacial score (nSPS) is 12.0. The zero-order valence-corrected chi connectivity index (χ0v) is 13.7. The van der Waals surface area contributed by atoms with Crippen molar-refractivity contribution in [3.8, 4) is 0 Å². The molecule has 1 unspecified atom stereocenters. The third kappa shape index (κ3) is 4.34. The number of carbonyl (C=O) groups is 1. The van der Waals surface area contributed by atoms with Gasteiger partial charge in [0.25, 0.3) is 5.91 Å². The van der Waals surface area contributed by atoms with Gasteiger partial charge in [-0.15, -0.1) is 0 Å². The Kier molecular flexibility index (Phi) is 5.82. The molecule has 5 N–H and O–H groups in total. The highest BCUT2D eigenvalue weighted by Crippen LogP contribution is 2.24. The van der Waals surface area contributed by atoms with Crippen molar-refractivity contribution < 1.29 is 9.18 Å². The molecule has 0 heterocycles. The number of nitrogen functional groups attached to an aromatic ring is 1. The number of nitrogens with one attached hydrogen (secondary N) is 1. The summed E-state index contributed by atoms with van der Waals surface area (Å²) in [5.41, 5.74) is 12.0. The molecular formula is C16H16Cl2FN3O. The van der Waals surface area contributed by atoms with E-state index in [1.54, 1.807) is 18.2 Å². The average Bonchev–Trinajstić information content (AvgIpc) is 2.50. The van der Waals surface area contributed by atoms with Crippen LogP contribution >= 0.6 is 23.2 Å². The Bertz CT molecular complexity index is 724. The predicted molar refractivity (Wildman–Crippen MR) is 91.2 cm³/mol. The van der Waals surface area contributed by atoms with Gasteiger partial charge in [-0.1, -0.05) is 35.3 Å². The Morgan fingerprint density at radius 2 is 2.00 bits per heavy atom. The van der Waals surface area contributed by atoms with Crippen LogP contribution in [0.25, 0.3) is 0 Å². The van der Waals surface area contributed by atoms with Crippen molar-refractivity contribution in [2.75, 3.05) is 12.3 Å². The van der Waals surface area contributed by atoms with Gasteiger partial charge in [0.1, 0.15) is 5.82 Å². The molecule has 0 saturated carbocycles. The van der Waals surface area contributed by atoms with E-state index in [2.05, 4.69) is 5.32 Å². The van der Waals surface area contributed by atoms with Crippen LogP contribution in [-0.2, 0) is 0 Å². The largest absolute Gasteiger partial charge is 0.397 e. The van der Waals surface area contributed by atoms with Crippen molar-refractivity contribution in [2.45, 2.75) is 12.5 Å². The number of nitrogens with two attached hydrogens (primary N) is 2. The van der Waals surface area contributed by atoms with E-state index in [0.29, 0.717) is 18.0 Å². The van der Waals surface area contributed by atoms with Crippen LogP contribution in [-0.4, -0.2) is 12.5 Å². The highest BCUT2D eigenvalue weighted by atomic mass is 35.5. The van der Waals surface area contributed by atoms with Gasteiger partial charge in [0.15, 0.2) is 0 Å². The van der Waals surface area contributed by atoms with Crippen LogP contribution < -0.4 is 16.8 Å². The van der Waals surface area contributed by atoms with E-state index in [0.717, 1.165) is 11.6 Å². The van der Waals surface area contributed by atoms with Gasteiger partial charge in [-0.25, -0.2) is 4.39 Å². The molecule has 7 heteroatoms. The van der Waals surface area contributed by atoms with Crippen LogP contribution in [0.15, 0.2) is 36.4 Å². The maximum atomic E-state index is 13.9. The van der Waals surface area contributed by atoms with Crippen LogP contribution in [0.1, 0.15) is 28.4 Å². The number of hydrogen-bond acceptors (Lipinski definition) is 3. The van der Waals surface area contributed by atoms with E-state index >= 15 is 0 Å². The van der Waals surface area contributed by atoms with Gasteiger partial charge in [-0.05, 0) is 42.8 Å². The molecule has 122 valence electrons. The molecule has 23 heavy (non-hydrogen) atoms. The first-order chi connectivity index (χ1) is 10.9. The lowest BCUT2D eigenvalue weighted by molar-refractivity contribution is 0.0931. The molecule has 2 rings (SSSR count). The first-order valence-corrected chi connectivity index (χ1v) is 7.69. The monoisotopic (exact) mass is 355 g/mol. The fourth-order valence-electron chi connectivity index (χ4n) is 2.19. The lowest BCUT2D eigenvalue weighted by atomic mass is 10.0. The first kappa shape index (κ1) is 17.5. The minimum atomic E-state index is -0.737. The Morgan fingerprint density at radius 3 is 2.65 bits per heavy atom. The second-order valence-corrected chi connectivity index (χ2v) is 5.86. The summed E-state index contributed by atoms with van der Waals surface area (Å²) in [5, 5.41) is 3.35. The lowest BCUT2D eigenvalue weighted by Crippen LogP contribution is -2.30. The van der Waals surface area contributed by atoms with Gasteiger partial charge >= 0.3 is 0 Å². The van der Waals surface area contributed by atoms with Gasteiger partial charge in [0.05, 0.1) is 22.3 Å². The minimum Gasteiger partial charge on any atom is -0.397 e. The van der Waals surface area contributed by atoms with Crippen LogP contribution in [0.3, 0.4) is 0 Å². The van der Waals surface area contributed by atoms with Gasteiger partial charge in [0, 0.05) is 5.02 Å². The van der Waals surface area contributed by atoms with E-state index in [1.807, 2.05) is 6.07 Å². The molecule has 2 aromatic carbocycles. The summed E-state index contributed by atoms with van der Waals surface area (Å²) >= 11 is 11.7. The Balaban J connectivity index is 2.26. The van der Waals surface area contributed by atoms with E-state index in [9.17, 15) is 9.18 Å². The third-order valence-electron chi connectivity index (χ3n) is 3.34. The van der Waals surface area contributed by atoms with Gasteiger partial charge in [-0.2, -0.15) is 0 Å². The highest BCUT2D eigenvalue weighted by molar-refractivity contribution is 6.33. The van der Waals surface area contributed by atoms with E-state index in [1.165, 1.54) is 6.07 Å². The van der Waals surface area contributed by atoms with Crippen LogP contribution in [0.2, 0.25) is 10.0 Å². The number of carbonyl (C=O) groups excluding carboxylic acids is 1. The molecule has 4 nitrogen and oxygen atoms in total. The molecule has 0 saturated heterocycles. The maximum Gasteiger partial charge on any atom is 0.254 e. The summed E-state index contributed by atoms with van der Waals surface area (Å²) in [5.74, 6) is -1.33. The standard InChI is InChI=1S/C16H16Cl2FN3O/c17-10-3-1-2-9(6-10)15(4-5-20)22-16(23)11-7-14(21)12(18)8-13(11)19/h1-3,6-8,15H,4-5,20-21H2,(H,22,23). The number of rotatable bonds is 5. The van der Waals surface area contributed by atoms with Gasteiger partial charge in [-0.3, -0.25) is 4.79 Å². The first-order valence-electron chi connectivity index (χ1n) is 6.93. The fourth-order valence-corrected chi connectivity index (χ4v) is 2.54. The Hall–Kier alpha value is -1.82. The number of hydrogen-bond donors (Lipinski definition) is 3. The summed E-state index contributed by atoms with van der Waals surface area (Å²) in [6.07, 6.45) is 0.483. The van der Waals surface area contributed by atoms with E-state index in [4.69, 9.17) is 34.7 Å². The van der Waals surface area contributed by atoms with Crippen molar-refractivity contribution in [3.63, 3.8) is 0 Å². The van der Waals surface area contributed by atoms with Gasteiger partial charge < -0.3 is 16.8 Å².